The van der Waals surface area contributed by atoms with Crippen LogP contribution in [0.15, 0.2) is 0 Å². The first-order valence-electron chi connectivity index (χ1n) is 8.79. The Morgan fingerprint density at radius 1 is 1.00 bits per heavy atom. The van der Waals surface area contributed by atoms with Crippen LogP contribution in [0.25, 0.3) is 0 Å². The van der Waals surface area contributed by atoms with E-state index in [4.69, 9.17) is 4.74 Å². The predicted octanol–water partition coefficient (Wildman–Crippen LogP) is 1.86. The average Bonchev–Trinajstić information content (AvgIpc) is 2.81. The molecule has 0 bridgehead atoms. The summed E-state index contributed by atoms with van der Waals surface area (Å²) >= 11 is 1.45. The molecule has 6 heteroatoms. The maximum absolute atomic E-state index is 12.3. The Bertz CT molecular complexity index is 397. The fraction of sp³-hybridized carbons (Fsp3) is 0.882. The highest BCUT2D eigenvalue weighted by molar-refractivity contribution is 8.00. The average molecular weight is 343 g/mol. The van der Waals surface area contributed by atoms with E-state index in [1.165, 1.54) is 18.2 Å². The summed E-state index contributed by atoms with van der Waals surface area (Å²) in [4.78, 5) is 28.2. The Labute approximate surface area is 144 Å². The highest BCUT2D eigenvalue weighted by Gasteiger charge is 2.23. The topological polar surface area (TPSA) is 49.9 Å². The normalized spacial score (nSPS) is 23.0. The van der Waals surface area contributed by atoms with E-state index in [1.54, 1.807) is 0 Å². The minimum absolute atomic E-state index is 0.127. The number of morpholine rings is 1. The number of hydrogen-bond donors (Lipinski definition) is 0. The molecule has 23 heavy (non-hydrogen) atoms. The summed E-state index contributed by atoms with van der Waals surface area (Å²) in [6.07, 6.45) is 3.44. The van der Waals surface area contributed by atoms with Crippen molar-refractivity contribution in [1.82, 2.24) is 9.80 Å². The van der Waals surface area contributed by atoms with Gasteiger partial charge in [0.1, 0.15) is 0 Å². The number of ether oxygens (including phenoxy) is 1. The second-order valence-corrected chi connectivity index (χ2v) is 7.79. The lowest BCUT2D eigenvalue weighted by Gasteiger charge is -2.27. The zero-order valence-electron chi connectivity index (χ0n) is 14.5. The van der Waals surface area contributed by atoms with E-state index < -0.39 is 0 Å². The number of carbonyl (C=O) groups is 2. The van der Waals surface area contributed by atoms with E-state index in [2.05, 4.69) is 13.8 Å². The molecule has 0 saturated carbocycles. The number of hydrogen-bond acceptors (Lipinski definition) is 4. The van der Waals surface area contributed by atoms with Gasteiger partial charge in [0.05, 0.1) is 24.7 Å². The molecule has 2 amide bonds. The lowest BCUT2D eigenvalue weighted by molar-refractivity contribution is -0.132. The van der Waals surface area contributed by atoms with E-state index >= 15 is 0 Å². The summed E-state index contributed by atoms with van der Waals surface area (Å²) in [5.74, 6) is 2.57. The first-order valence-corrected chi connectivity index (χ1v) is 9.94. The maximum atomic E-state index is 12.3. The third-order valence-electron chi connectivity index (χ3n) is 4.88. The molecular formula is C17H30N2O3S. The van der Waals surface area contributed by atoms with Gasteiger partial charge in [-0.1, -0.05) is 13.8 Å². The van der Waals surface area contributed by atoms with Crippen LogP contribution in [0.2, 0.25) is 0 Å². The zero-order chi connectivity index (χ0) is 16.7. The molecule has 2 heterocycles. The van der Waals surface area contributed by atoms with Crippen LogP contribution in [0.3, 0.4) is 0 Å². The van der Waals surface area contributed by atoms with Crippen LogP contribution in [0.4, 0.5) is 0 Å². The molecule has 0 spiro atoms. The van der Waals surface area contributed by atoms with E-state index in [0.717, 1.165) is 31.8 Å². The third kappa shape index (κ3) is 5.99. The van der Waals surface area contributed by atoms with Crippen molar-refractivity contribution < 1.29 is 14.3 Å². The molecule has 0 aromatic rings. The predicted molar refractivity (Wildman–Crippen MR) is 93.5 cm³/mol. The van der Waals surface area contributed by atoms with Crippen molar-refractivity contribution in [3.63, 3.8) is 0 Å². The van der Waals surface area contributed by atoms with Gasteiger partial charge in [0.2, 0.25) is 11.8 Å². The first kappa shape index (κ1) is 18.6. The fourth-order valence-corrected chi connectivity index (χ4v) is 4.08. The first-order chi connectivity index (χ1) is 11.1. The SMILES string of the molecule is CC(C)C1CCCN(C(=O)CSCC(=O)N2CCOCC2)CC1. The van der Waals surface area contributed by atoms with Gasteiger partial charge in [-0.3, -0.25) is 9.59 Å². The molecule has 0 aliphatic carbocycles. The molecule has 132 valence electrons. The highest BCUT2D eigenvalue weighted by atomic mass is 32.2. The van der Waals surface area contributed by atoms with Gasteiger partial charge in [0, 0.05) is 26.2 Å². The Balaban J connectivity index is 1.67. The van der Waals surface area contributed by atoms with Crippen molar-refractivity contribution >= 4 is 23.6 Å². The third-order valence-corrected chi connectivity index (χ3v) is 5.79. The van der Waals surface area contributed by atoms with Gasteiger partial charge in [-0.25, -0.2) is 0 Å². The molecule has 0 aromatic heterocycles. The quantitative estimate of drug-likeness (QED) is 0.765. The fourth-order valence-electron chi connectivity index (χ4n) is 3.26. The standard InChI is InChI=1S/C17H30N2O3S/c1-14(2)15-4-3-6-18(7-5-15)16(20)12-23-13-17(21)19-8-10-22-11-9-19/h14-15H,3-13H2,1-2H3. The molecule has 2 fully saturated rings. The summed E-state index contributed by atoms with van der Waals surface area (Å²) in [5.41, 5.74) is 0. The molecule has 0 radical (unpaired) electrons. The largest absolute Gasteiger partial charge is 0.378 e. The Morgan fingerprint density at radius 3 is 2.22 bits per heavy atom. The summed E-state index contributed by atoms with van der Waals surface area (Å²) in [6.45, 7) is 8.90. The lowest BCUT2D eigenvalue weighted by atomic mass is 9.89. The minimum Gasteiger partial charge on any atom is -0.378 e. The minimum atomic E-state index is 0.127. The molecule has 2 aliphatic rings. The molecule has 1 unspecified atom stereocenters. The second-order valence-electron chi connectivity index (χ2n) is 6.80. The van der Waals surface area contributed by atoms with E-state index in [-0.39, 0.29) is 11.8 Å². The van der Waals surface area contributed by atoms with Gasteiger partial charge < -0.3 is 14.5 Å². The van der Waals surface area contributed by atoms with Gasteiger partial charge in [-0.15, -0.1) is 11.8 Å². The molecule has 2 rings (SSSR count). The van der Waals surface area contributed by atoms with Crippen LogP contribution in [-0.2, 0) is 14.3 Å². The smallest absolute Gasteiger partial charge is 0.232 e. The maximum Gasteiger partial charge on any atom is 0.232 e. The van der Waals surface area contributed by atoms with Gasteiger partial charge in [0.15, 0.2) is 0 Å². The molecule has 5 nitrogen and oxygen atoms in total. The highest BCUT2D eigenvalue weighted by Crippen LogP contribution is 2.24. The van der Waals surface area contributed by atoms with Crippen LogP contribution >= 0.6 is 11.8 Å². The monoisotopic (exact) mass is 342 g/mol. The number of thioether (sulfide) groups is 1. The molecule has 0 aromatic carbocycles. The molecule has 1 atom stereocenters. The van der Waals surface area contributed by atoms with E-state index in [1.807, 2.05) is 9.80 Å². The van der Waals surface area contributed by atoms with Gasteiger partial charge >= 0.3 is 0 Å². The van der Waals surface area contributed by atoms with Crippen LogP contribution in [0, 0.1) is 11.8 Å². The van der Waals surface area contributed by atoms with Gasteiger partial charge in [-0.2, -0.15) is 0 Å². The molecular weight excluding hydrogens is 312 g/mol. The number of likely N-dealkylation sites (tertiary alicyclic amines) is 1. The van der Waals surface area contributed by atoms with Crippen molar-refractivity contribution in [2.24, 2.45) is 11.8 Å². The van der Waals surface area contributed by atoms with Crippen molar-refractivity contribution in [2.45, 2.75) is 33.1 Å². The van der Waals surface area contributed by atoms with Gasteiger partial charge in [0.25, 0.3) is 0 Å². The van der Waals surface area contributed by atoms with E-state index in [9.17, 15) is 9.59 Å². The summed E-state index contributed by atoms with van der Waals surface area (Å²) in [6, 6.07) is 0. The zero-order valence-corrected chi connectivity index (χ0v) is 15.3. The number of nitrogens with zero attached hydrogens (tertiary/aromatic N) is 2. The number of carbonyl (C=O) groups excluding carboxylic acids is 2. The van der Waals surface area contributed by atoms with Crippen LogP contribution in [-0.4, -0.2) is 72.5 Å². The summed E-state index contributed by atoms with van der Waals surface area (Å²) in [5, 5.41) is 0. The van der Waals surface area contributed by atoms with Crippen LogP contribution in [0.1, 0.15) is 33.1 Å². The Kier molecular flexibility index (Phi) is 7.70. The Morgan fingerprint density at radius 2 is 1.61 bits per heavy atom. The second kappa shape index (κ2) is 9.52. The van der Waals surface area contributed by atoms with Crippen molar-refractivity contribution in [1.29, 1.82) is 0 Å². The summed E-state index contributed by atoms with van der Waals surface area (Å²) < 4.78 is 5.25. The summed E-state index contributed by atoms with van der Waals surface area (Å²) in [7, 11) is 0. The van der Waals surface area contributed by atoms with Crippen LogP contribution < -0.4 is 0 Å². The van der Waals surface area contributed by atoms with E-state index in [0.29, 0.717) is 43.7 Å². The molecule has 0 N–H and O–H groups in total. The van der Waals surface area contributed by atoms with Crippen molar-refractivity contribution in [3.05, 3.63) is 0 Å². The Hall–Kier alpha value is -0.750. The molecule has 2 saturated heterocycles. The number of amides is 2. The lowest BCUT2D eigenvalue weighted by Crippen LogP contribution is -2.41. The number of rotatable bonds is 5. The van der Waals surface area contributed by atoms with Crippen molar-refractivity contribution in [3.8, 4) is 0 Å². The van der Waals surface area contributed by atoms with Crippen molar-refractivity contribution in [2.75, 3.05) is 50.9 Å². The van der Waals surface area contributed by atoms with Crippen LogP contribution in [0.5, 0.6) is 0 Å². The van der Waals surface area contributed by atoms with Gasteiger partial charge in [-0.05, 0) is 31.1 Å². The molecule has 2 aliphatic heterocycles.